The van der Waals surface area contributed by atoms with Crippen molar-refractivity contribution in [3.63, 3.8) is 0 Å². The first kappa shape index (κ1) is 29.7. The van der Waals surface area contributed by atoms with E-state index in [9.17, 15) is 28.4 Å². The Kier molecular flexibility index (Phi) is 9.26. The fourth-order valence-electron chi connectivity index (χ4n) is 3.60. The van der Waals surface area contributed by atoms with Gasteiger partial charge >= 0.3 is 19.4 Å². The molecule has 3 N–H and O–H groups in total. The third-order valence-corrected chi connectivity index (χ3v) is 7.24. The zero-order valence-corrected chi connectivity index (χ0v) is 22.0. The van der Waals surface area contributed by atoms with E-state index in [0.29, 0.717) is 4.57 Å². The molecular formula is C23H30F2N3O9P. The average Bonchev–Trinajstić information content (AvgIpc) is 3.11. The van der Waals surface area contributed by atoms with Crippen molar-refractivity contribution in [3.8, 4) is 5.75 Å². The number of nitrogens with one attached hydrogen (secondary N) is 2. The highest BCUT2D eigenvalue weighted by atomic mass is 31.2. The molecule has 0 amide bonds. The molecule has 1 aliphatic rings. The number of aryl methyl sites for hydroxylation is 1. The van der Waals surface area contributed by atoms with Gasteiger partial charge in [-0.25, -0.2) is 18.1 Å². The number of benzene rings is 1. The number of ether oxygens (including phenoxy) is 2. The molecule has 1 saturated heterocycles. The van der Waals surface area contributed by atoms with Crippen LogP contribution in [0.5, 0.6) is 5.75 Å². The van der Waals surface area contributed by atoms with Crippen LogP contribution in [0.3, 0.4) is 0 Å². The lowest BCUT2D eigenvalue weighted by Gasteiger charge is -2.31. The number of esters is 1. The van der Waals surface area contributed by atoms with Crippen LogP contribution in [0.4, 0.5) is 8.78 Å². The molecule has 0 radical (unpaired) electrons. The summed E-state index contributed by atoms with van der Waals surface area (Å²) in [5, 5.41) is 13.0. The maximum atomic E-state index is 15.1. The monoisotopic (exact) mass is 561 g/mol. The number of nitrogens with zero attached hydrogens (tertiary/aromatic N) is 1. The summed E-state index contributed by atoms with van der Waals surface area (Å²) < 4.78 is 65.2. The van der Waals surface area contributed by atoms with Crippen LogP contribution in [0.25, 0.3) is 0 Å². The fraction of sp³-hybridized carbons (Fsp3) is 0.522. The maximum absolute atomic E-state index is 15.1. The van der Waals surface area contributed by atoms with Crippen molar-refractivity contribution in [3.05, 3.63) is 62.9 Å². The SMILES string of the molecule is Cc1cn([C@@H]2O[C@](CF)(COP(=O)(N[C@@H](C)C(=O)OC(C)C)Oc3ccccc3)[C@@H](O)[C@@H]2F)c(=O)[nH]c1=O. The minimum Gasteiger partial charge on any atom is -0.462 e. The molecule has 1 aromatic carbocycles. The van der Waals surface area contributed by atoms with E-state index in [1.807, 2.05) is 4.98 Å². The van der Waals surface area contributed by atoms with Gasteiger partial charge < -0.3 is 19.1 Å². The van der Waals surface area contributed by atoms with Crippen LogP contribution in [0.1, 0.15) is 32.6 Å². The Morgan fingerprint density at radius 3 is 2.55 bits per heavy atom. The fourth-order valence-corrected chi connectivity index (χ4v) is 5.15. The van der Waals surface area contributed by atoms with Gasteiger partial charge in [-0.15, -0.1) is 0 Å². The van der Waals surface area contributed by atoms with Crippen molar-refractivity contribution in [2.75, 3.05) is 13.3 Å². The average molecular weight is 561 g/mol. The molecule has 0 aliphatic carbocycles. The second-order valence-electron chi connectivity index (χ2n) is 9.09. The molecule has 12 nitrogen and oxygen atoms in total. The molecule has 3 rings (SSSR count). The number of H-pyrrole nitrogens is 1. The van der Waals surface area contributed by atoms with Gasteiger partial charge in [0.05, 0.1) is 12.7 Å². The van der Waals surface area contributed by atoms with Crippen LogP contribution in [0.15, 0.2) is 46.1 Å². The van der Waals surface area contributed by atoms with Crippen molar-refractivity contribution < 1.29 is 41.8 Å². The van der Waals surface area contributed by atoms with Crippen LogP contribution in [-0.4, -0.2) is 63.9 Å². The van der Waals surface area contributed by atoms with Crippen molar-refractivity contribution in [1.82, 2.24) is 14.6 Å². The van der Waals surface area contributed by atoms with Gasteiger partial charge in [-0.1, -0.05) is 18.2 Å². The summed E-state index contributed by atoms with van der Waals surface area (Å²) in [4.78, 5) is 38.2. The Morgan fingerprint density at radius 1 is 1.29 bits per heavy atom. The van der Waals surface area contributed by atoms with Gasteiger partial charge in [0.1, 0.15) is 24.6 Å². The molecule has 6 atom stereocenters. The lowest BCUT2D eigenvalue weighted by Crippen LogP contribution is -2.48. The summed E-state index contributed by atoms with van der Waals surface area (Å²) in [6.07, 6.45) is -5.82. The van der Waals surface area contributed by atoms with Gasteiger partial charge in [-0.3, -0.25) is 23.7 Å². The van der Waals surface area contributed by atoms with E-state index >= 15 is 4.39 Å². The van der Waals surface area contributed by atoms with Gasteiger partial charge in [0.15, 0.2) is 18.0 Å². The maximum Gasteiger partial charge on any atom is 0.459 e. The van der Waals surface area contributed by atoms with E-state index in [0.717, 1.165) is 6.20 Å². The Labute approximate surface area is 216 Å². The van der Waals surface area contributed by atoms with Crippen LogP contribution in [0.2, 0.25) is 0 Å². The smallest absolute Gasteiger partial charge is 0.459 e. The van der Waals surface area contributed by atoms with Crippen LogP contribution < -0.4 is 20.9 Å². The molecule has 1 fully saturated rings. The second kappa shape index (κ2) is 11.9. The first-order chi connectivity index (χ1) is 17.8. The number of hydrogen-bond acceptors (Lipinski definition) is 9. The molecule has 0 saturated carbocycles. The third-order valence-electron chi connectivity index (χ3n) is 5.62. The van der Waals surface area contributed by atoms with Crippen LogP contribution in [0, 0.1) is 6.92 Å². The summed E-state index contributed by atoms with van der Waals surface area (Å²) in [5.74, 6) is -0.721. The lowest BCUT2D eigenvalue weighted by molar-refractivity contribution is -0.149. The topological polar surface area (TPSA) is 158 Å². The first-order valence-electron chi connectivity index (χ1n) is 11.7. The molecular weight excluding hydrogens is 531 g/mol. The number of alkyl halides is 2. The van der Waals surface area contributed by atoms with E-state index in [2.05, 4.69) is 5.09 Å². The van der Waals surface area contributed by atoms with E-state index < -0.39 is 74.5 Å². The van der Waals surface area contributed by atoms with Crippen LogP contribution in [-0.2, 0) is 23.4 Å². The van der Waals surface area contributed by atoms with Gasteiger partial charge in [0, 0.05) is 11.8 Å². The number of aliphatic hydroxyl groups is 1. The number of aromatic amines is 1. The zero-order valence-electron chi connectivity index (χ0n) is 21.1. The largest absolute Gasteiger partial charge is 0.462 e. The predicted molar refractivity (Wildman–Crippen MR) is 130 cm³/mol. The first-order valence-corrected chi connectivity index (χ1v) is 13.2. The molecule has 38 heavy (non-hydrogen) atoms. The van der Waals surface area contributed by atoms with Crippen molar-refractivity contribution in [2.24, 2.45) is 0 Å². The second-order valence-corrected chi connectivity index (χ2v) is 10.8. The number of rotatable bonds is 11. The van der Waals surface area contributed by atoms with Gasteiger partial charge in [0.25, 0.3) is 5.56 Å². The summed E-state index contributed by atoms with van der Waals surface area (Å²) >= 11 is 0. The Balaban J connectivity index is 1.88. The summed E-state index contributed by atoms with van der Waals surface area (Å²) in [7, 11) is -4.51. The van der Waals surface area contributed by atoms with E-state index in [1.165, 1.54) is 26.0 Å². The zero-order chi connectivity index (χ0) is 28.3. The molecule has 2 aromatic rings. The van der Waals surface area contributed by atoms with Gasteiger partial charge in [-0.05, 0) is 39.8 Å². The number of aromatic nitrogens is 2. The highest BCUT2D eigenvalue weighted by Crippen LogP contribution is 2.48. The number of para-hydroxylation sites is 1. The highest BCUT2D eigenvalue weighted by Gasteiger charge is 2.57. The molecule has 1 aromatic heterocycles. The van der Waals surface area contributed by atoms with Gasteiger partial charge in [-0.2, -0.15) is 5.09 Å². The molecule has 1 unspecified atom stereocenters. The number of hydrogen-bond donors (Lipinski definition) is 3. The molecule has 1 aliphatic heterocycles. The quantitative estimate of drug-likeness (QED) is 0.273. The van der Waals surface area contributed by atoms with Gasteiger partial charge in [0.2, 0.25) is 0 Å². The Hall–Kier alpha value is -2.90. The number of halogens is 2. The van der Waals surface area contributed by atoms with Crippen molar-refractivity contribution in [1.29, 1.82) is 0 Å². The van der Waals surface area contributed by atoms with Crippen molar-refractivity contribution >= 4 is 13.7 Å². The summed E-state index contributed by atoms with van der Waals surface area (Å²) in [5.41, 5.74) is -4.15. The van der Waals surface area contributed by atoms with E-state index in [1.54, 1.807) is 32.0 Å². The number of carbonyl (C=O) groups excluding carboxylic acids is 1. The minimum atomic E-state index is -4.51. The lowest BCUT2D eigenvalue weighted by atomic mass is 9.98. The molecule has 2 heterocycles. The van der Waals surface area contributed by atoms with Crippen molar-refractivity contribution in [2.45, 2.75) is 63.9 Å². The third kappa shape index (κ3) is 6.56. The molecule has 15 heteroatoms. The highest BCUT2D eigenvalue weighted by molar-refractivity contribution is 7.52. The Bertz CT molecular complexity index is 1290. The van der Waals surface area contributed by atoms with Crippen LogP contribution >= 0.6 is 7.75 Å². The minimum absolute atomic E-state index is 0.0381. The standard InChI is InChI=1S/C23H30F2N3O9P/c1-13(2)35-21(31)15(4)27-38(33,37-16-8-6-5-7-9-16)34-12-23(11-24)18(29)17(25)20(36-23)28-10-14(3)19(30)26-22(28)32/h5-10,13,15,17-18,20,29H,11-12H2,1-4H3,(H,27,33)(H,26,30,32)/t15-,17-,18-,20+,23+,38?/m0/s1. The summed E-state index contributed by atoms with van der Waals surface area (Å²) in [6.45, 7) is 3.39. The predicted octanol–water partition coefficient (Wildman–Crippen LogP) is 1.91. The number of carbonyl (C=O) groups is 1. The normalized spacial score (nSPS) is 25.6. The number of aliphatic hydroxyl groups excluding tert-OH is 1. The van der Waals surface area contributed by atoms with E-state index in [4.69, 9.17) is 18.5 Å². The van der Waals surface area contributed by atoms with E-state index in [-0.39, 0.29) is 11.3 Å². The summed E-state index contributed by atoms with van der Waals surface area (Å²) in [6, 6.07) is 6.49. The Morgan fingerprint density at radius 2 is 1.95 bits per heavy atom. The molecule has 210 valence electrons. The molecule has 0 spiro atoms. The molecule has 0 bridgehead atoms.